The van der Waals surface area contributed by atoms with Crippen LogP contribution in [0.2, 0.25) is 0 Å². The molecule has 128 valence electrons. The highest BCUT2D eigenvalue weighted by Crippen LogP contribution is 2.24. The van der Waals surface area contributed by atoms with E-state index < -0.39 is 33.8 Å². The number of nitrogens with zero attached hydrogens (tertiary/aromatic N) is 1. The van der Waals surface area contributed by atoms with Gasteiger partial charge in [-0.25, -0.2) is 8.42 Å². The highest BCUT2D eigenvalue weighted by Gasteiger charge is 2.37. The minimum absolute atomic E-state index is 0.145. The molecule has 0 bridgehead atoms. The molecule has 1 aromatic carbocycles. The van der Waals surface area contributed by atoms with Gasteiger partial charge in [0.2, 0.25) is 15.9 Å². The molecule has 1 fully saturated rings. The molecule has 1 aliphatic heterocycles. The van der Waals surface area contributed by atoms with Crippen LogP contribution >= 0.6 is 0 Å². The molecule has 1 heterocycles. The number of rotatable bonds is 4. The van der Waals surface area contributed by atoms with Gasteiger partial charge >= 0.3 is 6.18 Å². The Kier molecular flexibility index (Phi) is 5.18. The number of para-hydroxylation sites is 1. The van der Waals surface area contributed by atoms with E-state index >= 15 is 0 Å². The third-order valence-corrected chi connectivity index (χ3v) is 5.34. The summed E-state index contributed by atoms with van der Waals surface area (Å²) in [6.07, 6.45) is -5.50. The predicted octanol–water partition coefficient (Wildman–Crippen LogP) is 2.37. The monoisotopic (exact) mass is 350 g/mol. The number of benzene rings is 1. The van der Waals surface area contributed by atoms with Gasteiger partial charge < -0.3 is 4.90 Å². The summed E-state index contributed by atoms with van der Waals surface area (Å²) in [5.74, 6) is -1.09. The first-order chi connectivity index (χ1) is 10.7. The largest absolute Gasteiger partial charge is 0.397 e. The minimum atomic E-state index is -4.59. The number of sulfonamides is 1. The summed E-state index contributed by atoms with van der Waals surface area (Å²) >= 11 is 0. The summed E-state index contributed by atoms with van der Waals surface area (Å²) < 4.78 is 64.0. The van der Waals surface area contributed by atoms with Crippen LogP contribution in [0.3, 0.4) is 0 Å². The Bertz CT molecular complexity index is 647. The van der Waals surface area contributed by atoms with Crippen molar-refractivity contribution in [1.82, 2.24) is 4.90 Å². The van der Waals surface area contributed by atoms with Crippen LogP contribution < -0.4 is 4.72 Å². The normalized spacial score (nSPS) is 19.4. The van der Waals surface area contributed by atoms with Crippen LogP contribution in [0.1, 0.15) is 19.3 Å². The van der Waals surface area contributed by atoms with Gasteiger partial charge in [-0.05, 0) is 25.0 Å². The number of carbonyl (C=O) groups excluding carboxylic acids is 1. The first kappa shape index (κ1) is 17.6. The number of likely N-dealkylation sites (tertiary alicyclic amines) is 1. The van der Waals surface area contributed by atoms with Crippen LogP contribution in [0.4, 0.5) is 18.9 Å². The lowest BCUT2D eigenvalue weighted by atomic mass is 10.1. The number of alkyl halides is 3. The van der Waals surface area contributed by atoms with E-state index in [0.29, 0.717) is 18.5 Å². The molecule has 9 heteroatoms. The molecule has 1 N–H and O–H groups in total. The Morgan fingerprint density at radius 3 is 2.52 bits per heavy atom. The molecule has 23 heavy (non-hydrogen) atoms. The average molecular weight is 350 g/mol. The number of halogens is 3. The van der Waals surface area contributed by atoms with Crippen molar-refractivity contribution in [3.05, 3.63) is 30.3 Å². The van der Waals surface area contributed by atoms with E-state index in [1.54, 1.807) is 30.3 Å². The molecular weight excluding hydrogens is 333 g/mol. The molecule has 0 spiro atoms. The second kappa shape index (κ2) is 6.77. The van der Waals surface area contributed by atoms with E-state index in [1.165, 1.54) is 0 Å². The molecule has 2 rings (SSSR count). The molecule has 1 saturated heterocycles. The van der Waals surface area contributed by atoms with Gasteiger partial charge in [0.15, 0.2) is 0 Å². The Hall–Kier alpha value is -1.77. The summed E-state index contributed by atoms with van der Waals surface area (Å²) in [6.45, 7) is -0.0800. The van der Waals surface area contributed by atoms with E-state index in [9.17, 15) is 26.4 Å². The molecule has 5 nitrogen and oxygen atoms in total. The highest BCUT2D eigenvalue weighted by atomic mass is 32.2. The highest BCUT2D eigenvalue weighted by molar-refractivity contribution is 7.93. The molecule has 0 unspecified atom stereocenters. The number of amides is 1. The molecule has 1 aliphatic rings. The van der Waals surface area contributed by atoms with Crippen LogP contribution in [0.25, 0.3) is 0 Å². The lowest BCUT2D eigenvalue weighted by Gasteiger charge is -2.32. The smallest absolute Gasteiger partial charge is 0.341 e. The zero-order chi connectivity index (χ0) is 17.1. The summed E-state index contributed by atoms with van der Waals surface area (Å²) in [5.41, 5.74) is 0.381. The molecule has 0 aliphatic carbocycles. The average Bonchev–Trinajstić information content (AvgIpc) is 2.46. The van der Waals surface area contributed by atoms with Gasteiger partial charge in [0.1, 0.15) is 6.42 Å². The lowest BCUT2D eigenvalue weighted by Crippen LogP contribution is -2.47. The first-order valence-electron chi connectivity index (χ1n) is 7.08. The summed E-state index contributed by atoms with van der Waals surface area (Å²) in [5, 5.41) is -0.923. The number of piperidine rings is 1. The zero-order valence-electron chi connectivity index (χ0n) is 12.2. The van der Waals surface area contributed by atoms with Crippen molar-refractivity contribution in [2.24, 2.45) is 0 Å². The number of nitrogens with one attached hydrogen (secondary N) is 1. The molecule has 1 amide bonds. The van der Waals surface area contributed by atoms with E-state index in [2.05, 4.69) is 4.72 Å². The van der Waals surface area contributed by atoms with Crippen LogP contribution in [0, 0.1) is 0 Å². The Balaban J connectivity index is 2.04. The Labute approximate surface area is 132 Å². The molecule has 1 aromatic rings. The van der Waals surface area contributed by atoms with Gasteiger partial charge in [-0.2, -0.15) is 13.2 Å². The first-order valence-corrected chi connectivity index (χ1v) is 8.63. The van der Waals surface area contributed by atoms with Crippen molar-refractivity contribution in [3.63, 3.8) is 0 Å². The lowest BCUT2D eigenvalue weighted by molar-refractivity contribution is -0.161. The van der Waals surface area contributed by atoms with Crippen LogP contribution in [-0.4, -0.2) is 43.7 Å². The fourth-order valence-corrected chi connectivity index (χ4v) is 3.94. The van der Waals surface area contributed by atoms with Gasteiger partial charge in [0, 0.05) is 18.8 Å². The minimum Gasteiger partial charge on any atom is -0.341 e. The summed E-state index contributed by atoms with van der Waals surface area (Å²) in [4.78, 5) is 12.6. The van der Waals surface area contributed by atoms with Crippen molar-refractivity contribution in [2.75, 3.05) is 17.8 Å². The fraction of sp³-hybridized carbons (Fsp3) is 0.500. The maximum atomic E-state index is 12.3. The van der Waals surface area contributed by atoms with Gasteiger partial charge in [-0.15, -0.1) is 0 Å². The Morgan fingerprint density at radius 2 is 1.91 bits per heavy atom. The maximum Gasteiger partial charge on any atom is 0.397 e. The number of carbonyl (C=O) groups is 1. The van der Waals surface area contributed by atoms with Crippen LogP contribution in [0.5, 0.6) is 0 Å². The van der Waals surface area contributed by atoms with E-state index in [1.807, 2.05) is 0 Å². The van der Waals surface area contributed by atoms with Gasteiger partial charge in [0.25, 0.3) is 0 Å². The van der Waals surface area contributed by atoms with Gasteiger partial charge in [-0.3, -0.25) is 9.52 Å². The summed E-state index contributed by atoms with van der Waals surface area (Å²) in [7, 11) is -3.77. The van der Waals surface area contributed by atoms with Crippen molar-refractivity contribution >= 4 is 21.6 Å². The molecule has 0 radical (unpaired) electrons. The Morgan fingerprint density at radius 1 is 1.26 bits per heavy atom. The number of hydrogen-bond donors (Lipinski definition) is 1. The van der Waals surface area contributed by atoms with Gasteiger partial charge in [-0.1, -0.05) is 18.2 Å². The predicted molar refractivity (Wildman–Crippen MR) is 79.3 cm³/mol. The van der Waals surface area contributed by atoms with E-state index in [0.717, 1.165) is 4.90 Å². The van der Waals surface area contributed by atoms with Crippen molar-refractivity contribution < 1.29 is 26.4 Å². The number of hydrogen-bond acceptors (Lipinski definition) is 3. The zero-order valence-corrected chi connectivity index (χ0v) is 13.0. The van der Waals surface area contributed by atoms with Crippen molar-refractivity contribution in [2.45, 2.75) is 30.7 Å². The quantitative estimate of drug-likeness (QED) is 0.907. The third-order valence-electron chi connectivity index (χ3n) is 3.56. The molecule has 1 atom stereocenters. The molecule has 0 saturated carbocycles. The SMILES string of the molecule is O=C(CC(F)(F)F)N1CCC[C@@H](S(=O)(=O)Nc2ccccc2)C1. The van der Waals surface area contributed by atoms with Gasteiger partial charge in [0.05, 0.1) is 5.25 Å². The summed E-state index contributed by atoms with van der Waals surface area (Å²) in [6, 6.07) is 8.21. The molecule has 0 aromatic heterocycles. The van der Waals surface area contributed by atoms with Crippen molar-refractivity contribution in [3.8, 4) is 0 Å². The third kappa shape index (κ3) is 5.12. The second-order valence-electron chi connectivity index (χ2n) is 5.41. The fourth-order valence-electron chi connectivity index (χ4n) is 2.46. The van der Waals surface area contributed by atoms with Crippen LogP contribution in [0.15, 0.2) is 30.3 Å². The standard InChI is InChI=1S/C14H17F3N2O3S/c15-14(16,17)9-13(20)19-8-4-7-12(10-19)23(21,22)18-11-5-2-1-3-6-11/h1-3,5-6,12,18H,4,7-10H2/t12-/m1/s1. The van der Waals surface area contributed by atoms with E-state index in [4.69, 9.17) is 0 Å². The van der Waals surface area contributed by atoms with Crippen molar-refractivity contribution in [1.29, 1.82) is 0 Å². The number of anilines is 1. The molecular formula is C14H17F3N2O3S. The second-order valence-corrected chi connectivity index (χ2v) is 7.37. The van der Waals surface area contributed by atoms with E-state index in [-0.39, 0.29) is 13.1 Å². The maximum absolute atomic E-state index is 12.3. The topological polar surface area (TPSA) is 66.5 Å². The van der Waals surface area contributed by atoms with Crippen LogP contribution in [-0.2, 0) is 14.8 Å².